The Hall–Kier alpha value is -1.58. The van der Waals surface area contributed by atoms with Crippen molar-refractivity contribution in [2.75, 3.05) is 0 Å². The Kier molecular flexibility index (Phi) is 2.77. The van der Waals surface area contributed by atoms with Gasteiger partial charge >= 0.3 is 111 Å². The first-order valence-corrected chi connectivity index (χ1v) is 6.57. The maximum absolute atomic E-state index is 13.8. The fraction of sp³-hybridized carbons (Fsp3) is 0.400. The summed E-state index contributed by atoms with van der Waals surface area (Å²) in [5.74, 6) is -0.0177. The molecule has 2 aliphatic carbocycles. The van der Waals surface area contributed by atoms with Gasteiger partial charge < -0.3 is 0 Å². The summed E-state index contributed by atoms with van der Waals surface area (Å²) in [6.07, 6.45) is 2.71. The maximum atomic E-state index is 13.8. The van der Waals surface area contributed by atoms with Gasteiger partial charge in [-0.1, -0.05) is 0 Å². The Morgan fingerprint density at radius 3 is 2.53 bits per heavy atom. The molecule has 1 fully saturated rings. The third-order valence-corrected chi connectivity index (χ3v) is 4.46. The molecule has 0 aromatic heterocycles. The molecule has 0 unspecified atom stereocenters. The molecule has 0 amide bonds. The van der Waals surface area contributed by atoms with Crippen molar-refractivity contribution in [3.8, 4) is 0 Å². The molecule has 1 spiro atoms. The van der Waals surface area contributed by atoms with Gasteiger partial charge in [0.05, 0.1) is 0 Å². The molecule has 96 valence electrons. The van der Waals surface area contributed by atoms with Gasteiger partial charge in [-0.2, -0.15) is 0 Å². The van der Waals surface area contributed by atoms with Crippen LogP contribution in [0.25, 0.3) is 0 Å². The zero-order valence-electron chi connectivity index (χ0n) is 10.7. The number of carbonyl (C=O) groups is 2. The number of Topliss-reactive ketones (excluding diaryl/α,β-unsaturated/α-hetero) is 2. The van der Waals surface area contributed by atoms with Crippen molar-refractivity contribution in [3.63, 3.8) is 0 Å². The van der Waals surface area contributed by atoms with Crippen molar-refractivity contribution in [1.82, 2.24) is 0 Å². The van der Waals surface area contributed by atoms with Crippen LogP contribution in [0.3, 0.4) is 0 Å². The van der Waals surface area contributed by atoms with Crippen molar-refractivity contribution in [1.29, 1.82) is 0 Å². The summed E-state index contributed by atoms with van der Waals surface area (Å²) >= 11 is 0. The minimum absolute atomic E-state index is 0.0816. The van der Waals surface area contributed by atoms with Gasteiger partial charge in [0, 0.05) is 0 Å². The molecule has 19 heavy (non-hydrogen) atoms. The number of ketones is 2. The van der Waals surface area contributed by atoms with Crippen molar-refractivity contribution in [2.45, 2.75) is 32.1 Å². The van der Waals surface area contributed by atoms with Gasteiger partial charge in [-0.3, -0.25) is 0 Å². The standard InChI is InChI=1S/C15H14BFO2/c1-16-12-7-11-9(6-13(12)17)8-15(14(11)19)4-2-10(18)3-5-15/h6-7H,1-5,8H2. The quantitative estimate of drug-likeness (QED) is 0.713. The van der Waals surface area contributed by atoms with E-state index in [4.69, 9.17) is 0 Å². The molecule has 0 N–H and O–H groups in total. The summed E-state index contributed by atoms with van der Waals surface area (Å²) in [4.78, 5) is 23.9. The fourth-order valence-corrected chi connectivity index (χ4v) is 3.29. The average molecular weight is 256 g/mol. The number of rotatable bonds is 1. The Morgan fingerprint density at radius 1 is 1.21 bits per heavy atom. The van der Waals surface area contributed by atoms with Gasteiger partial charge in [0.2, 0.25) is 0 Å². The predicted molar refractivity (Wildman–Crippen MR) is 72.9 cm³/mol. The van der Waals surface area contributed by atoms with Crippen LogP contribution >= 0.6 is 0 Å². The van der Waals surface area contributed by atoms with Crippen molar-refractivity contribution in [3.05, 3.63) is 29.1 Å². The third-order valence-electron chi connectivity index (χ3n) is 4.46. The van der Waals surface area contributed by atoms with Crippen LogP contribution < -0.4 is 5.46 Å². The molecule has 0 saturated heterocycles. The number of hydrogen-bond donors (Lipinski definition) is 0. The van der Waals surface area contributed by atoms with Gasteiger partial charge in [0.25, 0.3) is 0 Å². The second kappa shape index (κ2) is 4.22. The Labute approximate surface area is 111 Å². The first-order valence-electron chi connectivity index (χ1n) is 6.57. The molecule has 4 heteroatoms. The molecule has 2 nitrogen and oxygen atoms in total. The molecule has 1 aromatic rings. The summed E-state index contributed by atoms with van der Waals surface area (Å²) in [5, 5.41) is 0. The summed E-state index contributed by atoms with van der Waals surface area (Å²) in [5.41, 5.74) is 1.31. The van der Waals surface area contributed by atoms with E-state index in [9.17, 15) is 14.0 Å². The first kappa shape index (κ1) is 12.5. The predicted octanol–water partition coefficient (Wildman–Crippen LogP) is 1.46. The molecule has 0 radical (unpaired) electrons. The van der Waals surface area contributed by atoms with E-state index in [0.29, 0.717) is 43.1 Å². The van der Waals surface area contributed by atoms with Crippen LogP contribution in [-0.2, 0) is 11.2 Å². The second-order valence-electron chi connectivity index (χ2n) is 5.56. The van der Waals surface area contributed by atoms with Gasteiger partial charge in [-0.15, -0.1) is 0 Å². The van der Waals surface area contributed by atoms with E-state index in [1.54, 1.807) is 6.07 Å². The minimum atomic E-state index is -0.456. The topological polar surface area (TPSA) is 34.1 Å². The SMILES string of the molecule is C=Bc1cc2c(cc1F)CC1(CCC(=O)CC1)C2=O. The molecule has 0 bridgehead atoms. The average Bonchev–Trinajstić information content (AvgIpc) is 2.65. The summed E-state index contributed by atoms with van der Waals surface area (Å²) in [6.45, 7) is 4.99. The van der Waals surface area contributed by atoms with E-state index in [2.05, 4.69) is 6.47 Å². The Bertz CT molecular complexity index is 596. The van der Waals surface area contributed by atoms with Crippen molar-refractivity contribution >= 4 is 30.4 Å². The Balaban J connectivity index is 2.02. The summed E-state index contributed by atoms with van der Waals surface area (Å²) in [6, 6.07) is 3.06. The van der Waals surface area contributed by atoms with Crippen LogP contribution in [0.5, 0.6) is 0 Å². The summed E-state index contributed by atoms with van der Waals surface area (Å²) < 4.78 is 13.8. The molecular weight excluding hydrogens is 242 g/mol. The van der Waals surface area contributed by atoms with Crippen LogP contribution in [-0.4, -0.2) is 25.0 Å². The Morgan fingerprint density at radius 2 is 1.89 bits per heavy atom. The molecule has 3 rings (SSSR count). The monoisotopic (exact) mass is 256 g/mol. The van der Waals surface area contributed by atoms with Crippen LogP contribution in [0, 0.1) is 11.2 Å². The molecule has 0 atom stereocenters. The second-order valence-corrected chi connectivity index (χ2v) is 5.56. The molecule has 2 aliphatic rings. The van der Waals surface area contributed by atoms with Crippen LogP contribution in [0.15, 0.2) is 12.1 Å². The number of fused-ring (bicyclic) bond motifs is 1. The van der Waals surface area contributed by atoms with Gasteiger partial charge in [0.1, 0.15) is 0 Å². The number of halogens is 1. The van der Waals surface area contributed by atoms with E-state index >= 15 is 0 Å². The van der Waals surface area contributed by atoms with Gasteiger partial charge in [0.15, 0.2) is 0 Å². The van der Waals surface area contributed by atoms with Crippen molar-refractivity contribution in [2.24, 2.45) is 5.41 Å². The molecular formula is C15H14BFO2. The zero-order valence-corrected chi connectivity index (χ0v) is 10.7. The first-order chi connectivity index (χ1) is 9.05. The van der Waals surface area contributed by atoms with Gasteiger partial charge in [-0.05, 0) is 0 Å². The molecule has 0 heterocycles. The molecule has 1 saturated carbocycles. The van der Waals surface area contributed by atoms with Crippen LogP contribution in [0.1, 0.15) is 41.6 Å². The number of hydrogen-bond acceptors (Lipinski definition) is 2. The number of benzene rings is 1. The third kappa shape index (κ3) is 1.81. The normalized spacial score (nSPS) is 20.5. The van der Waals surface area contributed by atoms with Gasteiger partial charge in [-0.25, -0.2) is 0 Å². The van der Waals surface area contributed by atoms with Crippen molar-refractivity contribution < 1.29 is 14.0 Å². The molecule has 1 aromatic carbocycles. The number of carbonyl (C=O) groups excluding carboxylic acids is 2. The summed E-state index contributed by atoms with van der Waals surface area (Å²) in [7, 11) is 0. The molecule has 0 aliphatic heterocycles. The van der Waals surface area contributed by atoms with Crippen LogP contribution in [0.4, 0.5) is 4.39 Å². The van der Waals surface area contributed by atoms with E-state index in [0.717, 1.165) is 5.56 Å². The zero-order chi connectivity index (χ0) is 13.6. The van der Waals surface area contributed by atoms with E-state index in [-0.39, 0.29) is 17.4 Å². The van der Waals surface area contributed by atoms with E-state index < -0.39 is 5.41 Å². The van der Waals surface area contributed by atoms with E-state index in [1.165, 1.54) is 13.0 Å². The van der Waals surface area contributed by atoms with Crippen LogP contribution in [0.2, 0.25) is 0 Å². The van der Waals surface area contributed by atoms with E-state index in [1.807, 2.05) is 0 Å². The fourth-order valence-electron chi connectivity index (χ4n) is 3.29.